The molecule has 3 heteroatoms. The zero-order valence-corrected chi connectivity index (χ0v) is 15.4. The quantitative estimate of drug-likeness (QED) is 0.625. The molecule has 0 heterocycles. The zero-order chi connectivity index (χ0) is 16.0. The van der Waals surface area contributed by atoms with Gasteiger partial charge >= 0.3 is 0 Å². The van der Waals surface area contributed by atoms with Gasteiger partial charge < -0.3 is 4.90 Å². The highest BCUT2D eigenvalue weighted by Gasteiger charge is 2.35. The predicted molar refractivity (Wildman–Crippen MR) is 91.7 cm³/mol. The summed E-state index contributed by atoms with van der Waals surface area (Å²) < 4.78 is 0. The number of halogens is 1. The molecule has 2 nitrogen and oxygen atoms in total. The van der Waals surface area contributed by atoms with Crippen molar-refractivity contribution < 1.29 is 4.79 Å². The SMILES string of the molecule is CCC(CC)N(CCCl)C(=O)C1CCC(C(C)(C)C)CC1. The number of carbonyl (C=O) groups excluding carboxylic acids is 1. The summed E-state index contributed by atoms with van der Waals surface area (Å²) in [6.45, 7) is 12.0. The van der Waals surface area contributed by atoms with E-state index in [0.29, 0.717) is 29.8 Å². The van der Waals surface area contributed by atoms with E-state index in [1.165, 1.54) is 12.8 Å². The van der Waals surface area contributed by atoms with Crippen molar-refractivity contribution in [3.63, 3.8) is 0 Å². The average Bonchev–Trinajstić information content (AvgIpc) is 2.46. The van der Waals surface area contributed by atoms with E-state index in [4.69, 9.17) is 11.6 Å². The summed E-state index contributed by atoms with van der Waals surface area (Å²) in [6, 6.07) is 0.358. The van der Waals surface area contributed by atoms with Crippen LogP contribution < -0.4 is 0 Å². The first-order valence-corrected chi connectivity index (χ1v) is 9.24. The van der Waals surface area contributed by atoms with Crippen molar-refractivity contribution in [1.82, 2.24) is 4.90 Å². The van der Waals surface area contributed by atoms with Crippen molar-refractivity contribution >= 4 is 17.5 Å². The number of rotatable bonds is 6. The Balaban J connectivity index is 2.65. The molecule has 0 aromatic rings. The van der Waals surface area contributed by atoms with Crippen molar-refractivity contribution in [1.29, 1.82) is 0 Å². The molecule has 1 amide bonds. The molecule has 0 radical (unpaired) electrons. The molecule has 1 aliphatic rings. The number of alkyl halides is 1. The van der Waals surface area contributed by atoms with Crippen LogP contribution in [0.1, 0.15) is 73.1 Å². The molecular formula is C18H34ClNO. The van der Waals surface area contributed by atoms with Crippen molar-refractivity contribution in [3.8, 4) is 0 Å². The fourth-order valence-electron chi connectivity index (χ4n) is 3.73. The van der Waals surface area contributed by atoms with E-state index in [1.807, 2.05) is 0 Å². The number of hydrogen-bond donors (Lipinski definition) is 0. The maximum Gasteiger partial charge on any atom is 0.225 e. The summed E-state index contributed by atoms with van der Waals surface area (Å²) in [5, 5.41) is 0. The van der Waals surface area contributed by atoms with Crippen LogP contribution in [0.3, 0.4) is 0 Å². The van der Waals surface area contributed by atoms with Crippen LogP contribution in [0.4, 0.5) is 0 Å². The highest BCUT2D eigenvalue weighted by molar-refractivity contribution is 6.18. The molecule has 1 saturated carbocycles. The maximum absolute atomic E-state index is 12.9. The molecule has 0 saturated heterocycles. The van der Waals surface area contributed by atoms with Gasteiger partial charge in [-0.15, -0.1) is 11.6 Å². The van der Waals surface area contributed by atoms with Gasteiger partial charge in [-0.1, -0.05) is 34.6 Å². The number of carbonyl (C=O) groups is 1. The van der Waals surface area contributed by atoms with Crippen LogP contribution in [0, 0.1) is 17.3 Å². The van der Waals surface area contributed by atoms with Gasteiger partial charge in [0.05, 0.1) is 0 Å². The molecule has 0 aromatic heterocycles. The molecule has 0 spiro atoms. The number of hydrogen-bond acceptors (Lipinski definition) is 1. The van der Waals surface area contributed by atoms with Crippen LogP contribution in [0.15, 0.2) is 0 Å². The molecule has 0 N–H and O–H groups in total. The summed E-state index contributed by atoms with van der Waals surface area (Å²) in [6.07, 6.45) is 6.54. The largest absolute Gasteiger partial charge is 0.338 e. The minimum atomic E-state index is 0.229. The van der Waals surface area contributed by atoms with Gasteiger partial charge in [0.1, 0.15) is 0 Å². The van der Waals surface area contributed by atoms with E-state index >= 15 is 0 Å². The average molecular weight is 316 g/mol. The van der Waals surface area contributed by atoms with Crippen molar-refractivity contribution in [2.24, 2.45) is 17.3 Å². The summed E-state index contributed by atoms with van der Waals surface area (Å²) >= 11 is 5.93. The maximum atomic E-state index is 12.9. The lowest BCUT2D eigenvalue weighted by Gasteiger charge is -2.39. The van der Waals surface area contributed by atoms with E-state index in [-0.39, 0.29) is 5.92 Å². The molecule has 0 bridgehead atoms. The Morgan fingerprint density at radius 1 is 1.14 bits per heavy atom. The number of nitrogens with zero attached hydrogens (tertiary/aromatic N) is 1. The molecule has 0 atom stereocenters. The first-order valence-electron chi connectivity index (χ1n) is 8.71. The third-order valence-electron chi connectivity index (χ3n) is 5.29. The first-order chi connectivity index (χ1) is 9.85. The van der Waals surface area contributed by atoms with Gasteiger partial charge in [-0.3, -0.25) is 4.79 Å². The Bertz CT molecular complexity index is 312. The van der Waals surface area contributed by atoms with Gasteiger partial charge in [-0.05, 0) is 49.9 Å². The van der Waals surface area contributed by atoms with Gasteiger partial charge in [0.15, 0.2) is 0 Å². The third-order valence-corrected chi connectivity index (χ3v) is 5.46. The molecule has 0 aliphatic heterocycles. The Kier molecular flexibility index (Phi) is 7.53. The molecule has 0 unspecified atom stereocenters. The van der Waals surface area contributed by atoms with E-state index < -0.39 is 0 Å². The van der Waals surface area contributed by atoms with E-state index in [9.17, 15) is 4.79 Å². The normalized spacial score (nSPS) is 23.4. The second-order valence-electron chi connectivity index (χ2n) is 7.61. The third kappa shape index (κ3) is 5.16. The lowest BCUT2D eigenvalue weighted by Crippen LogP contribution is -2.45. The highest BCUT2D eigenvalue weighted by atomic mass is 35.5. The van der Waals surface area contributed by atoms with Crippen LogP contribution in [-0.2, 0) is 4.79 Å². The van der Waals surface area contributed by atoms with E-state index in [1.54, 1.807) is 0 Å². The summed E-state index contributed by atoms with van der Waals surface area (Å²) in [5.74, 6) is 1.89. The molecule has 124 valence electrons. The Morgan fingerprint density at radius 2 is 1.67 bits per heavy atom. The Morgan fingerprint density at radius 3 is 2.05 bits per heavy atom. The van der Waals surface area contributed by atoms with Crippen molar-refractivity contribution in [3.05, 3.63) is 0 Å². The van der Waals surface area contributed by atoms with Crippen LogP contribution in [-0.4, -0.2) is 29.3 Å². The van der Waals surface area contributed by atoms with Gasteiger partial charge in [-0.2, -0.15) is 0 Å². The van der Waals surface area contributed by atoms with Crippen molar-refractivity contribution in [2.45, 2.75) is 79.2 Å². The second-order valence-corrected chi connectivity index (χ2v) is 7.98. The lowest BCUT2D eigenvalue weighted by molar-refractivity contribution is -0.139. The molecule has 21 heavy (non-hydrogen) atoms. The molecular weight excluding hydrogens is 282 g/mol. The van der Waals surface area contributed by atoms with Gasteiger partial charge in [0.2, 0.25) is 5.91 Å². The molecule has 1 fully saturated rings. The van der Waals surface area contributed by atoms with Crippen molar-refractivity contribution in [2.75, 3.05) is 12.4 Å². The van der Waals surface area contributed by atoms with Crippen LogP contribution in [0.25, 0.3) is 0 Å². The monoisotopic (exact) mass is 315 g/mol. The molecule has 0 aromatic carbocycles. The summed E-state index contributed by atoms with van der Waals surface area (Å²) in [4.78, 5) is 14.9. The molecule has 1 aliphatic carbocycles. The van der Waals surface area contributed by atoms with Gasteiger partial charge in [-0.25, -0.2) is 0 Å². The predicted octanol–water partition coefficient (Wildman–Crippen LogP) is 5.09. The second kappa shape index (κ2) is 8.41. The van der Waals surface area contributed by atoms with Gasteiger partial charge in [0.25, 0.3) is 0 Å². The fraction of sp³-hybridized carbons (Fsp3) is 0.944. The first kappa shape index (κ1) is 18.8. The minimum absolute atomic E-state index is 0.229. The number of amides is 1. The smallest absolute Gasteiger partial charge is 0.225 e. The fourth-order valence-corrected chi connectivity index (χ4v) is 3.92. The lowest BCUT2D eigenvalue weighted by atomic mass is 9.69. The van der Waals surface area contributed by atoms with E-state index in [0.717, 1.165) is 31.6 Å². The summed E-state index contributed by atoms with van der Waals surface area (Å²) in [7, 11) is 0. The van der Waals surface area contributed by atoms with Crippen LogP contribution in [0.5, 0.6) is 0 Å². The minimum Gasteiger partial charge on any atom is -0.338 e. The highest BCUT2D eigenvalue weighted by Crippen LogP contribution is 2.40. The Labute approximate surface area is 136 Å². The standard InChI is InChI=1S/C18H34ClNO/c1-6-16(7-2)20(13-12-19)17(21)14-8-10-15(11-9-14)18(3,4)5/h14-16H,6-13H2,1-5H3. The van der Waals surface area contributed by atoms with E-state index in [2.05, 4.69) is 39.5 Å². The molecule has 1 rings (SSSR count). The zero-order valence-electron chi connectivity index (χ0n) is 14.6. The Hall–Kier alpha value is -0.240. The van der Waals surface area contributed by atoms with Gasteiger partial charge in [0, 0.05) is 24.4 Å². The summed E-state index contributed by atoms with van der Waals surface area (Å²) in [5.41, 5.74) is 0.374. The van der Waals surface area contributed by atoms with Crippen LogP contribution >= 0.6 is 11.6 Å². The van der Waals surface area contributed by atoms with Crippen LogP contribution in [0.2, 0.25) is 0 Å². The topological polar surface area (TPSA) is 20.3 Å².